The first kappa shape index (κ1) is 15.8. The topological polar surface area (TPSA) is 61.4 Å². The molecule has 0 aliphatic carbocycles. The van der Waals surface area contributed by atoms with Gasteiger partial charge in [0, 0.05) is 31.2 Å². The van der Waals surface area contributed by atoms with E-state index in [0.717, 1.165) is 19.4 Å². The number of amides is 2. The molecule has 0 aromatic heterocycles. The monoisotopic (exact) mass is 315 g/mol. The predicted octanol–water partition coefficient (Wildman–Crippen LogP) is 1.61. The van der Waals surface area contributed by atoms with E-state index in [0.29, 0.717) is 19.4 Å². The minimum atomic E-state index is -0.753. The molecular weight excluding hydrogens is 290 g/mol. The fourth-order valence-electron chi connectivity index (χ4n) is 3.61. The Bertz CT molecular complexity index is 616. The fraction of sp³-hybridized carbons (Fsp3) is 0.556. The molecule has 5 nitrogen and oxygen atoms in total. The summed E-state index contributed by atoms with van der Waals surface area (Å²) in [5.41, 5.74) is 1.84. The van der Waals surface area contributed by atoms with Gasteiger partial charge in [-0.15, -0.1) is 0 Å². The maximum atomic E-state index is 12.4. The Hall–Kier alpha value is -2.04. The largest absolute Gasteiger partial charge is 0.368 e. The summed E-state index contributed by atoms with van der Waals surface area (Å²) in [6, 6.07) is 8.53. The van der Waals surface area contributed by atoms with Gasteiger partial charge in [0.2, 0.25) is 11.8 Å². The van der Waals surface area contributed by atoms with E-state index in [1.54, 1.807) is 6.92 Å². The van der Waals surface area contributed by atoms with Crippen LogP contribution in [0.25, 0.3) is 0 Å². The van der Waals surface area contributed by atoms with Crippen LogP contribution in [0.4, 0.5) is 5.69 Å². The van der Waals surface area contributed by atoms with E-state index in [1.807, 2.05) is 6.07 Å². The molecule has 0 bridgehead atoms. The number of benzene rings is 1. The molecule has 2 aliphatic rings. The van der Waals surface area contributed by atoms with Crippen molar-refractivity contribution in [3.8, 4) is 0 Å². The summed E-state index contributed by atoms with van der Waals surface area (Å²) in [5, 5.41) is 5.70. The highest BCUT2D eigenvalue weighted by Gasteiger charge is 2.39. The van der Waals surface area contributed by atoms with Gasteiger partial charge in [-0.05, 0) is 44.7 Å². The zero-order valence-corrected chi connectivity index (χ0v) is 13.9. The molecule has 0 saturated carbocycles. The van der Waals surface area contributed by atoms with Gasteiger partial charge in [-0.25, -0.2) is 0 Å². The highest BCUT2D eigenvalue weighted by atomic mass is 16.2. The summed E-state index contributed by atoms with van der Waals surface area (Å²) in [5.74, 6) is -0.137. The minimum Gasteiger partial charge on any atom is -0.368 e. The average molecular weight is 315 g/mol. The quantitative estimate of drug-likeness (QED) is 0.887. The van der Waals surface area contributed by atoms with Gasteiger partial charge >= 0.3 is 0 Å². The molecule has 3 rings (SSSR count). The highest BCUT2D eigenvalue weighted by Crippen LogP contribution is 2.29. The molecule has 23 heavy (non-hydrogen) atoms. The Morgan fingerprint density at radius 3 is 2.96 bits per heavy atom. The van der Waals surface area contributed by atoms with Crippen LogP contribution in [-0.2, 0) is 16.0 Å². The van der Waals surface area contributed by atoms with Gasteiger partial charge < -0.3 is 15.5 Å². The summed E-state index contributed by atoms with van der Waals surface area (Å²) in [7, 11) is 0. The molecule has 124 valence electrons. The zero-order chi connectivity index (χ0) is 16.4. The van der Waals surface area contributed by atoms with Crippen LogP contribution in [0.15, 0.2) is 24.3 Å². The van der Waals surface area contributed by atoms with Gasteiger partial charge in [-0.1, -0.05) is 18.2 Å². The van der Waals surface area contributed by atoms with Gasteiger partial charge in [-0.2, -0.15) is 0 Å². The van der Waals surface area contributed by atoms with Crippen molar-refractivity contribution in [2.24, 2.45) is 0 Å². The van der Waals surface area contributed by atoms with E-state index in [9.17, 15) is 9.59 Å². The van der Waals surface area contributed by atoms with Crippen molar-refractivity contribution < 1.29 is 9.59 Å². The minimum absolute atomic E-state index is 0.0555. The number of nitrogens with zero attached hydrogens (tertiary/aromatic N) is 1. The van der Waals surface area contributed by atoms with E-state index in [1.165, 1.54) is 11.3 Å². The average Bonchev–Trinajstić information content (AvgIpc) is 2.85. The Labute approximate surface area is 137 Å². The molecule has 0 radical (unpaired) electrons. The second-order valence-corrected chi connectivity index (χ2v) is 6.86. The number of anilines is 1. The van der Waals surface area contributed by atoms with Crippen molar-refractivity contribution in [3.63, 3.8) is 0 Å². The Kier molecular flexibility index (Phi) is 4.28. The number of carbonyl (C=O) groups is 2. The third-order valence-electron chi connectivity index (χ3n) is 4.99. The van der Waals surface area contributed by atoms with Crippen LogP contribution in [-0.4, -0.2) is 36.5 Å². The van der Waals surface area contributed by atoms with Crippen molar-refractivity contribution in [3.05, 3.63) is 29.8 Å². The lowest BCUT2D eigenvalue weighted by Gasteiger charge is -2.36. The Morgan fingerprint density at radius 2 is 2.22 bits per heavy atom. The van der Waals surface area contributed by atoms with Crippen molar-refractivity contribution in [2.75, 3.05) is 18.0 Å². The third kappa shape index (κ3) is 3.19. The van der Waals surface area contributed by atoms with Gasteiger partial charge in [0.15, 0.2) is 0 Å². The second kappa shape index (κ2) is 6.22. The molecule has 1 aromatic rings. The summed E-state index contributed by atoms with van der Waals surface area (Å²) in [6.07, 6.45) is 3.27. The van der Waals surface area contributed by atoms with Crippen LogP contribution < -0.4 is 15.5 Å². The summed E-state index contributed by atoms with van der Waals surface area (Å²) in [4.78, 5) is 26.6. The van der Waals surface area contributed by atoms with Crippen LogP contribution in [0.5, 0.6) is 0 Å². The maximum absolute atomic E-state index is 12.4. The van der Waals surface area contributed by atoms with Crippen molar-refractivity contribution in [1.82, 2.24) is 10.6 Å². The van der Waals surface area contributed by atoms with Gasteiger partial charge in [0.25, 0.3) is 0 Å². The lowest BCUT2D eigenvalue weighted by atomic mass is 9.98. The smallest absolute Gasteiger partial charge is 0.245 e. The Morgan fingerprint density at radius 1 is 1.43 bits per heavy atom. The molecule has 1 aromatic carbocycles. The number of fused-ring (bicyclic) bond motifs is 1. The lowest BCUT2D eigenvalue weighted by molar-refractivity contribution is -0.130. The number of rotatable bonds is 4. The van der Waals surface area contributed by atoms with Crippen LogP contribution in [0.3, 0.4) is 0 Å². The third-order valence-corrected chi connectivity index (χ3v) is 4.99. The van der Waals surface area contributed by atoms with E-state index in [-0.39, 0.29) is 17.9 Å². The molecule has 1 saturated heterocycles. The molecule has 2 aliphatic heterocycles. The summed E-state index contributed by atoms with van der Waals surface area (Å²) < 4.78 is 0. The van der Waals surface area contributed by atoms with E-state index in [4.69, 9.17) is 0 Å². The first-order valence-corrected chi connectivity index (χ1v) is 8.43. The van der Waals surface area contributed by atoms with Crippen molar-refractivity contribution in [1.29, 1.82) is 0 Å². The number of para-hydroxylation sites is 1. The van der Waals surface area contributed by atoms with Crippen LogP contribution in [0.2, 0.25) is 0 Å². The molecular formula is C18H25N3O2. The molecule has 2 atom stereocenters. The Balaban J connectivity index is 1.64. The lowest BCUT2D eigenvalue weighted by Crippen LogP contribution is -2.52. The SMILES string of the molecule is CC(CC(=O)NC1(C)CCNC1=O)N1CCCc2ccccc21. The van der Waals surface area contributed by atoms with Crippen LogP contribution in [0, 0.1) is 0 Å². The first-order valence-electron chi connectivity index (χ1n) is 8.43. The zero-order valence-electron chi connectivity index (χ0n) is 13.9. The van der Waals surface area contributed by atoms with Crippen molar-refractivity contribution >= 4 is 17.5 Å². The van der Waals surface area contributed by atoms with E-state index in [2.05, 4.69) is 40.7 Å². The second-order valence-electron chi connectivity index (χ2n) is 6.86. The number of aryl methyl sites for hydroxylation is 1. The van der Waals surface area contributed by atoms with Gasteiger partial charge in [-0.3, -0.25) is 9.59 Å². The van der Waals surface area contributed by atoms with E-state index >= 15 is 0 Å². The predicted molar refractivity (Wildman–Crippen MR) is 90.4 cm³/mol. The van der Waals surface area contributed by atoms with E-state index < -0.39 is 5.54 Å². The van der Waals surface area contributed by atoms with Crippen LogP contribution >= 0.6 is 0 Å². The maximum Gasteiger partial charge on any atom is 0.245 e. The first-order chi connectivity index (χ1) is 11.0. The summed E-state index contributed by atoms with van der Waals surface area (Å²) >= 11 is 0. The fourth-order valence-corrected chi connectivity index (χ4v) is 3.61. The molecule has 2 N–H and O–H groups in total. The van der Waals surface area contributed by atoms with Crippen LogP contribution in [0.1, 0.15) is 38.7 Å². The molecule has 2 amide bonds. The molecule has 1 fully saturated rings. The molecule has 5 heteroatoms. The number of hydrogen-bond acceptors (Lipinski definition) is 3. The highest BCUT2D eigenvalue weighted by molar-refractivity contribution is 5.92. The van der Waals surface area contributed by atoms with Crippen molar-refractivity contribution in [2.45, 2.75) is 51.1 Å². The number of carbonyl (C=O) groups excluding carboxylic acids is 2. The normalized spacial score (nSPS) is 24.8. The molecule has 0 spiro atoms. The standard InChI is InChI=1S/C18H25N3O2/c1-13(12-16(22)20-18(2)9-10-19-17(18)23)21-11-5-7-14-6-3-4-8-15(14)21/h3-4,6,8,13H,5,7,9-12H2,1-2H3,(H,19,23)(H,20,22). The molecule has 2 heterocycles. The van der Waals surface area contributed by atoms with Gasteiger partial charge in [0.1, 0.15) is 5.54 Å². The number of nitrogens with one attached hydrogen (secondary N) is 2. The molecule has 2 unspecified atom stereocenters. The van der Waals surface area contributed by atoms with Gasteiger partial charge in [0.05, 0.1) is 0 Å². The summed E-state index contributed by atoms with van der Waals surface area (Å²) in [6.45, 7) is 5.49. The number of hydrogen-bond donors (Lipinski definition) is 2.